The lowest BCUT2D eigenvalue weighted by Crippen LogP contribution is -2.17. The monoisotopic (exact) mass is 263 g/mol. The van der Waals surface area contributed by atoms with Crippen LogP contribution in [0.25, 0.3) is 0 Å². The molecule has 2 rings (SSSR count). The highest BCUT2D eigenvalue weighted by Gasteiger charge is 2.14. The van der Waals surface area contributed by atoms with Crippen molar-refractivity contribution in [3.05, 3.63) is 35.4 Å². The van der Waals surface area contributed by atoms with E-state index in [0.717, 1.165) is 19.7 Å². The number of ether oxygens (including phenoxy) is 2. The average Bonchev–Trinajstić information content (AvgIpc) is 2.94. The van der Waals surface area contributed by atoms with Gasteiger partial charge in [0.05, 0.1) is 12.7 Å². The van der Waals surface area contributed by atoms with Crippen molar-refractivity contribution in [2.24, 2.45) is 0 Å². The molecule has 1 aliphatic heterocycles. The Morgan fingerprint density at radius 1 is 1.32 bits per heavy atom. The number of methoxy groups -OCH3 is 1. The third kappa shape index (κ3) is 4.94. The first-order valence-electron chi connectivity index (χ1n) is 7.28. The molecular formula is C16H25NO2. The molecule has 1 atom stereocenters. The summed E-state index contributed by atoms with van der Waals surface area (Å²) >= 11 is 0. The normalized spacial score (nSPS) is 18.9. The molecule has 0 aliphatic carbocycles. The van der Waals surface area contributed by atoms with Gasteiger partial charge in [0.2, 0.25) is 0 Å². The second kappa shape index (κ2) is 8.31. The van der Waals surface area contributed by atoms with Crippen molar-refractivity contribution in [1.29, 1.82) is 0 Å². The maximum Gasteiger partial charge on any atom is 0.0716 e. The Morgan fingerprint density at radius 3 is 2.89 bits per heavy atom. The molecule has 1 aromatic rings. The molecule has 0 bridgehead atoms. The van der Waals surface area contributed by atoms with Gasteiger partial charge < -0.3 is 14.8 Å². The molecule has 0 spiro atoms. The lowest BCUT2D eigenvalue weighted by Gasteiger charge is -2.11. The number of benzene rings is 1. The van der Waals surface area contributed by atoms with Gasteiger partial charge in [-0.2, -0.15) is 0 Å². The number of hydrogen-bond acceptors (Lipinski definition) is 3. The van der Waals surface area contributed by atoms with Gasteiger partial charge in [0.25, 0.3) is 0 Å². The summed E-state index contributed by atoms with van der Waals surface area (Å²) in [6, 6.07) is 8.45. The molecule has 0 aromatic heterocycles. The first kappa shape index (κ1) is 14.5. The highest BCUT2D eigenvalue weighted by Crippen LogP contribution is 2.16. The predicted octanol–water partition coefficient (Wildman–Crippen LogP) is 2.88. The van der Waals surface area contributed by atoms with Crippen LogP contribution in [0.1, 0.15) is 36.8 Å². The molecule has 3 heteroatoms. The summed E-state index contributed by atoms with van der Waals surface area (Å²) in [6.07, 6.45) is 5.38. The van der Waals surface area contributed by atoms with Crippen LogP contribution in [0.15, 0.2) is 24.3 Å². The largest absolute Gasteiger partial charge is 0.380 e. The summed E-state index contributed by atoms with van der Waals surface area (Å²) in [4.78, 5) is 0. The summed E-state index contributed by atoms with van der Waals surface area (Å²) in [6.45, 7) is 3.63. The predicted molar refractivity (Wildman–Crippen MR) is 77.1 cm³/mol. The second-order valence-corrected chi connectivity index (χ2v) is 5.16. The summed E-state index contributed by atoms with van der Waals surface area (Å²) in [5.41, 5.74) is 2.61. The lowest BCUT2D eigenvalue weighted by atomic mass is 10.1. The van der Waals surface area contributed by atoms with Crippen molar-refractivity contribution in [2.45, 2.75) is 44.9 Å². The Balaban J connectivity index is 1.64. The molecule has 0 amide bonds. The van der Waals surface area contributed by atoms with E-state index in [0.29, 0.717) is 12.7 Å². The smallest absolute Gasteiger partial charge is 0.0716 e. The highest BCUT2D eigenvalue weighted by atomic mass is 16.5. The number of hydrogen-bond donors (Lipinski definition) is 1. The Kier molecular flexibility index (Phi) is 6.34. The van der Waals surface area contributed by atoms with Gasteiger partial charge in [-0.1, -0.05) is 24.3 Å². The Hall–Kier alpha value is -0.900. The fourth-order valence-electron chi connectivity index (χ4n) is 2.58. The molecular weight excluding hydrogens is 238 g/mol. The minimum absolute atomic E-state index is 0.516. The topological polar surface area (TPSA) is 30.5 Å². The van der Waals surface area contributed by atoms with E-state index in [1.54, 1.807) is 7.11 Å². The van der Waals surface area contributed by atoms with Crippen molar-refractivity contribution in [3.63, 3.8) is 0 Å². The van der Waals surface area contributed by atoms with Gasteiger partial charge in [0.15, 0.2) is 0 Å². The van der Waals surface area contributed by atoms with Gasteiger partial charge in [-0.3, -0.25) is 0 Å². The first-order valence-corrected chi connectivity index (χ1v) is 7.28. The van der Waals surface area contributed by atoms with Crippen molar-refractivity contribution in [1.82, 2.24) is 5.32 Å². The molecule has 1 aliphatic rings. The van der Waals surface area contributed by atoms with Gasteiger partial charge in [-0.15, -0.1) is 0 Å². The maximum absolute atomic E-state index is 5.62. The van der Waals surface area contributed by atoms with E-state index in [1.165, 1.54) is 36.8 Å². The van der Waals surface area contributed by atoms with Crippen LogP contribution in [0.2, 0.25) is 0 Å². The van der Waals surface area contributed by atoms with Crippen LogP contribution in [0, 0.1) is 0 Å². The van der Waals surface area contributed by atoms with Crippen LogP contribution in [0.3, 0.4) is 0 Å². The third-order valence-corrected chi connectivity index (χ3v) is 3.64. The lowest BCUT2D eigenvalue weighted by molar-refractivity contribution is 0.102. The Morgan fingerprint density at radius 2 is 2.16 bits per heavy atom. The zero-order chi connectivity index (χ0) is 13.3. The van der Waals surface area contributed by atoms with Crippen molar-refractivity contribution in [2.75, 3.05) is 20.3 Å². The molecule has 0 radical (unpaired) electrons. The first-order chi connectivity index (χ1) is 9.40. The number of rotatable bonds is 8. The van der Waals surface area contributed by atoms with Crippen LogP contribution in [-0.4, -0.2) is 26.4 Å². The van der Waals surface area contributed by atoms with E-state index >= 15 is 0 Å². The molecule has 3 nitrogen and oxygen atoms in total. The average molecular weight is 263 g/mol. The van der Waals surface area contributed by atoms with E-state index < -0.39 is 0 Å². The molecule has 1 N–H and O–H groups in total. The zero-order valence-corrected chi connectivity index (χ0v) is 11.9. The number of nitrogens with one attached hydrogen (secondary N) is 1. The van der Waals surface area contributed by atoms with Crippen LogP contribution in [-0.2, 0) is 22.6 Å². The molecule has 1 heterocycles. The molecule has 1 saturated heterocycles. The Bertz CT molecular complexity index is 362. The summed E-state index contributed by atoms with van der Waals surface area (Å²) < 4.78 is 10.8. The standard InChI is InChI=1S/C16H25NO2/c1-18-13-15-7-3-2-6-14(15)12-17-10-4-8-16-9-5-11-19-16/h2-3,6-7,16-17H,4-5,8-13H2,1H3. The van der Waals surface area contributed by atoms with Gasteiger partial charge in [-0.05, 0) is 43.4 Å². The van der Waals surface area contributed by atoms with Crippen molar-refractivity contribution in [3.8, 4) is 0 Å². The van der Waals surface area contributed by atoms with E-state index in [2.05, 4.69) is 29.6 Å². The van der Waals surface area contributed by atoms with Crippen molar-refractivity contribution < 1.29 is 9.47 Å². The highest BCUT2D eigenvalue weighted by molar-refractivity contribution is 5.26. The maximum atomic E-state index is 5.62. The summed E-state index contributed by atoms with van der Waals surface area (Å²) in [5, 5.41) is 3.51. The van der Waals surface area contributed by atoms with Gasteiger partial charge in [0.1, 0.15) is 0 Å². The van der Waals surface area contributed by atoms with Gasteiger partial charge in [-0.25, -0.2) is 0 Å². The molecule has 1 aromatic carbocycles. The van der Waals surface area contributed by atoms with Crippen LogP contribution >= 0.6 is 0 Å². The minimum atomic E-state index is 0.516. The van der Waals surface area contributed by atoms with E-state index in [9.17, 15) is 0 Å². The van der Waals surface area contributed by atoms with Gasteiger partial charge in [0, 0.05) is 20.3 Å². The molecule has 19 heavy (non-hydrogen) atoms. The third-order valence-electron chi connectivity index (χ3n) is 3.64. The van der Waals surface area contributed by atoms with Gasteiger partial charge >= 0.3 is 0 Å². The Labute approximate surface area is 116 Å². The zero-order valence-electron chi connectivity index (χ0n) is 11.9. The minimum Gasteiger partial charge on any atom is -0.380 e. The SMILES string of the molecule is COCc1ccccc1CNCCCC1CCCO1. The quantitative estimate of drug-likeness (QED) is 0.732. The second-order valence-electron chi connectivity index (χ2n) is 5.16. The molecule has 0 saturated carbocycles. The fraction of sp³-hybridized carbons (Fsp3) is 0.625. The molecule has 106 valence electrons. The van der Waals surface area contributed by atoms with Crippen LogP contribution in [0.4, 0.5) is 0 Å². The summed E-state index contributed by atoms with van der Waals surface area (Å²) in [5.74, 6) is 0. The van der Waals surface area contributed by atoms with E-state index in [4.69, 9.17) is 9.47 Å². The summed E-state index contributed by atoms with van der Waals surface area (Å²) in [7, 11) is 1.74. The molecule has 1 unspecified atom stereocenters. The van der Waals surface area contributed by atoms with Crippen LogP contribution in [0.5, 0.6) is 0 Å². The van der Waals surface area contributed by atoms with E-state index in [1.807, 2.05) is 0 Å². The van der Waals surface area contributed by atoms with Crippen molar-refractivity contribution >= 4 is 0 Å². The van der Waals surface area contributed by atoms with E-state index in [-0.39, 0.29) is 0 Å². The molecule has 1 fully saturated rings. The fourth-order valence-corrected chi connectivity index (χ4v) is 2.58. The van der Waals surface area contributed by atoms with Crippen LogP contribution < -0.4 is 5.32 Å².